The molecule has 6 rings (SSSR count). The molecule has 2 aliphatic carbocycles. The number of carbonyl (C=O) groups is 2. The highest BCUT2D eigenvalue weighted by Gasteiger charge is 2.65. The van der Waals surface area contributed by atoms with E-state index in [0.717, 1.165) is 42.4 Å². The SMILES string of the molecule is C=CCO[C@@]12Oc3ccc(OC(=O)NCc4ccccc4)cc3[C@H]3[C@H](CCCCO)[C@@H](CCCCO)C=C(C(=NOC(C)(C)C)C[C@@H]1N(Cc1ccc(F)cc1)C(=O)OCC)[C@H]32. The smallest absolute Gasteiger partial charge is 0.412 e. The van der Waals surface area contributed by atoms with Gasteiger partial charge in [0.05, 0.1) is 24.8 Å². The summed E-state index contributed by atoms with van der Waals surface area (Å²) in [6.45, 7) is 12.1. The van der Waals surface area contributed by atoms with Gasteiger partial charge >= 0.3 is 12.2 Å². The van der Waals surface area contributed by atoms with E-state index in [1.807, 2.05) is 57.2 Å². The number of hydrogen-bond acceptors (Lipinski definition) is 10. The van der Waals surface area contributed by atoms with Gasteiger partial charge in [-0.05, 0) is 112 Å². The van der Waals surface area contributed by atoms with Gasteiger partial charge in [0.2, 0.25) is 5.79 Å². The molecule has 0 spiro atoms. The summed E-state index contributed by atoms with van der Waals surface area (Å²) in [5, 5.41) is 27.5. The quantitative estimate of drug-likeness (QED) is 0.0610. The van der Waals surface area contributed by atoms with Crippen LogP contribution in [0.25, 0.3) is 0 Å². The fourth-order valence-electron chi connectivity index (χ4n) is 9.11. The first-order valence-electron chi connectivity index (χ1n) is 21.8. The molecule has 13 heteroatoms. The second-order valence-corrected chi connectivity index (χ2v) is 17.2. The number of nitrogens with one attached hydrogen (secondary N) is 1. The molecule has 62 heavy (non-hydrogen) atoms. The summed E-state index contributed by atoms with van der Waals surface area (Å²) in [5.74, 6) is -2.15. The number of nitrogens with zero attached hydrogens (tertiary/aromatic N) is 2. The molecule has 1 heterocycles. The molecule has 334 valence electrons. The van der Waals surface area contributed by atoms with Crippen molar-refractivity contribution in [3.8, 4) is 11.5 Å². The van der Waals surface area contributed by atoms with Crippen LogP contribution < -0.4 is 14.8 Å². The highest BCUT2D eigenvalue weighted by Crippen LogP contribution is 2.62. The van der Waals surface area contributed by atoms with Gasteiger partial charge in [-0.3, -0.25) is 4.90 Å². The van der Waals surface area contributed by atoms with Gasteiger partial charge in [-0.1, -0.05) is 72.6 Å². The summed E-state index contributed by atoms with van der Waals surface area (Å²) in [6.07, 6.45) is 7.06. The lowest BCUT2D eigenvalue weighted by atomic mass is 9.55. The molecule has 6 atom stereocenters. The van der Waals surface area contributed by atoms with E-state index in [0.29, 0.717) is 35.6 Å². The van der Waals surface area contributed by atoms with Crippen molar-refractivity contribution in [2.45, 2.75) is 109 Å². The zero-order valence-corrected chi connectivity index (χ0v) is 36.4. The Hall–Kier alpha value is -5.24. The highest BCUT2D eigenvalue weighted by molar-refractivity contribution is 6.03. The second-order valence-electron chi connectivity index (χ2n) is 17.2. The predicted molar refractivity (Wildman–Crippen MR) is 234 cm³/mol. The number of amides is 2. The number of carbonyl (C=O) groups excluding carboxylic acids is 2. The number of benzene rings is 3. The van der Waals surface area contributed by atoms with E-state index in [9.17, 15) is 24.2 Å². The van der Waals surface area contributed by atoms with Crippen molar-refractivity contribution in [2.75, 3.05) is 26.4 Å². The molecule has 2 amide bonds. The van der Waals surface area contributed by atoms with Gasteiger partial charge in [-0.25, -0.2) is 14.0 Å². The summed E-state index contributed by atoms with van der Waals surface area (Å²) in [7, 11) is 0. The van der Waals surface area contributed by atoms with Crippen LogP contribution in [0.2, 0.25) is 0 Å². The van der Waals surface area contributed by atoms with Gasteiger partial charge in [-0.15, -0.1) is 6.58 Å². The van der Waals surface area contributed by atoms with Crippen molar-refractivity contribution in [2.24, 2.45) is 22.9 Å². The maximum absolute atomic E-state index is 14.4. The van der Waals surface area contributed by atoms with Gasteiger partial charge in [0.25, 0.3) is 0 Å². The van der Waals surface area contributed by atoms with Crippen LogP contribution in [0.4, 0.5) is 14.0 Å². The summed E-state index contributed by atoms with van der Waals surface area (Å²) >= 11 is 0. The molecule has 0 saturated heterocycles. The first-order chi connectivity index (χ1) is 29.9. The Bertz CT molecular complexity index is 2040. The van der Waals surface area contributed by atoms with E-state index < -0.39 is 41.4 Å². The van der Waals surface area contributed by atoms with Gasteiger partial charge in [0.15, 0.2) is 0 Å². The third-order valence-corrected chi connectivity index (χ3v) is 11.7. The molecule has 0 radical (unpaired) electrons. The highest BCUT2D eigenvalue weighted by atomic mass is 19.1. The van der Waals surface area contributed by atoms with Crippen LogP contribution in [-0.4, -0.2) is 76.9 Å². The minimum atomic E-state index is -1.55. The molecule has 12 nitrogen and oxygen atoms in total. The fourth-order valence-corrected chi connectivity index (χ4v) is 9.11. The van der Waals surface area contributed by atoms with Crippen molar-refractivity contribution >= 4 is 17.9 Å². The molecule has 3 aromatic rings. The normalized spacial score (nSPS) is 23.2. The van der Waals surface area contributed by atoms with Crippen LogP contribution in [0.1, 0.15) is 95.2 Å². The number of halogens is 1. The van der Waals surface area contributed by atoms with E-state index in [1.165, 1.54) is 12.1 Å². The standard InChI is InChI=1S/C49H62FN3O9/c1-6-27-59-49-43(53(47(57)58-7-2)32-34-19-21-36(50)22-20-34)30-41(52-62-48(3,4)5)39-28-35(17-11-13-25-54)38(18-12-14-26-55)44(45(39)49)40-29-37(23-24-42(40)61-49)60-46(56)51-31-33-15-9-8-10-16-33/h6,8-10,15-16,19-24,28-29,35,38,43-45,54-55H,1,7,11-14,17-18,25-27,30-32H2,2-5H3,(H,51,56)/t35-,38+,43-,44+,45+,49+/m0/s1. The largest absolute Gasteiger partial charge is 0.459 e. The second kappa shape index (κ2) is 21.2. The van der Waals surface area contributed by atoms with Gasteiger partial charge in [-0.2, -0.15) is 0 Å². The van der Waals surface area contributed by atoms with Crippen LogP contribution in [0.5, 0.6) is 11.5 Å². The maximum Gasteiger partial charge on any atom is 0.412 e. The van der Waals surface area contributed by atoms with Gasteiger partial charge in [0.1, 0.15) is 29.0 Å². The minimum absolute atomic E-state index is 0.00458. The summed E-state index contributed by atoms with van der Waals surface area (Å²) < 4.78 is 40.2. The van der Waals surface area contributed by atoms with E-state index in [4.69, 9.17) is 28.9 Å². The number of unbranched alkanes of at least 4 members (excludes halogenated alkanes) is 2. The lowest BCUT2D eigenvalue weighted by molar-refractivity contribution is -0.256. The summed E-state index contributed by atoms with van der Waals surface area (Å²) in [5.41, 5.74) is 3.21. The molecule has 1 saturated carbocycles. The number of hydrogen-bond donors (Lipinski definition) is 3. The summed E-state index contributed by atoms with van der Waals surface area (Å²) in [6, 6.07) is 20.0. The van der Waals surface area contributed by atoms with Crippen molar-refractivity contribution in [3.63, 3.8) is 0 Å². The number of aliphatic hydroxyl groups excluding tert-OH is 2. The zero-order chi connectivity index (χ0) is 44.3. The number of ether oxygens (including phenoxy) is 4. The Morgan fingerprint density at radius 1 is 1.00 bits per heavy atom. The van der Waals surface area contributed by atoms with Crippen LogP contribution in [0.15, 0.2) is 102 Å². The zero-order valence-electron chi connectivity index (χ0n) is 36.4. The Morgan fingerprint density at radius 3 is 2.40 bits per heavy atom. The van der Waals surface area contributed by atoms with Crippen molar-refractivity contribution in [1.82, 2.24) is 10.2 Å². The third-order valence-electron chi connectivity index (χ3n) is 11.7. The molecule has 3 aromatic carbocycles. The molecule has 3 N–H and O–H groups in total. The molecule has 1 aliphatic heterocycles. The number of rotatable bonds is 19. The molecule has 1 fully saturated rings. The Morgan fingerprint density at radius 2 is 1.73 bits per heavy atom. The molecule has 3 aliphatic rings. The third kappa shape index (κ3) is 11.0. The lowest BCUT2D eigenvalue weighted by Crippen LogP contribution is -2.70. The van der Waals surface area contributed by atoms with E-state index >= 15 is 0 Å². The Kier molecular flexibility index (Phi) is 15.8. The first-order valence-corrected chi connectivity index (χ1v) is 21.8. The topological polar surface area (TPSA) is 148 Å². The van der Waals surface area contributed by atoms with Crippen molar-refractivity contribution in [3.05, 3.63) is 120 Å². The molecular formula is C49H62FN3O9. The van der Waals surface area contributed by atoms with E-state index in [-0.39, 0.29) is 63.7 Å². The van der Waals surface area contributed by atoms with Crippen LogP contribution >= 0.6 is 0 Å². The van der Waals surface area contributed by atoms with Crippen molar-refractivity contribution in [1.29, 1.82) is 0 Å². The number of fused-ring (bicyclic) bond motifs is 2. The predicted octanol–water partition coefficient (Wildman–Crippen LogP) is 9.21. The molecule has 0 aromatic heterocycles. The molecule has 0 bridgehead atoms. The first kappa shape index (κ1) is 46.3. The average Bonchev–Trinajstić information content (AvgIpc) is 3.25. The lowest BCUT2D eigenvalue weighted by Gasteiger charge is -2.60. The monoisotopic (exact) mass is 855 g/mol. The van der Waals surface area contributed by atoms with Crippen LogP contribution in [0.3, 0.4) is 0 Å². The van der Waals surface area contributed by atoms with Crippen LogP contribution in [-0.2, 0) is 27.4 Å². The van der Waals surface area contributed by atoms with Crippen LogP contribution in [0, 0.1) is 23.6 Å². The van der Waals surface area contributed by atoms with Gasteiger partial charge in [0, 0.05) is 44.2 Å². The Labute approximate surface area is 364 Å². The van der Waals surface area contributed by atoms with Crippen molar-refractivity contribution < 1.29 is 48.0 Å². The number of oxime groups is 1. The minimum Gasteiger partial charge on any atom is -0.459 e. The fraction of sp³-hybridized carbons (Fsp3) is 0.490. The average molecular weight is 856 g/mol. The molecular weight excluding hydrogens is 794 g/mol. The molecule has 0 unspecified atom stereocenters. The number of allylic oxidation sites excluding steroid dienone is 1. The Balaban J connectivity index is 1.56. The van der Waals surface area contributed by atoms with E-state index in [1.54, 1.807) is 42.2 Å². The maximum atomic E-state index is 14.4. The van der Waals surface area contributed by atoms with Gasteiger partial charge < -0.3 is 39.3 Å². The number of aliphatic hydroxyl groups is 2. The van der Waals surface area contributed by atoms with E-state index in [2.05, 4.69) is 18.0 Å². The summed E-state index contributed by atoms with van der Waals surface area (Å²) in [4.78, 5) is 35.4.